The van der Waals surface area contributed by atoms with Gasteiger partial charge in [0, 0.05) is 41.8 Å². The number of aromatic nitrogens is 3. The van der Waals surface area contributed by atoms with Crippen LogP contribution in [0.2, 0.25) is 0 Å². The van der Waals surface area contributed by atoms with Gasteiger partial charge in [-0.1, -0.05) is 0 Å². The van der Waals surface area contributed by atoms with E-state index in [1.54, 1.807) is 13.0 Å². The molecule has 0 atom stereocenters. The number of benzene rings is 2. The first-order valence-electron chi connectivity index (χ1n) is 10.6. The van der Waals surface area contributed by atoms with Crippen LogP contribution >= 0.6 is 0 Å². The van der Waals surface area contributed by atoms with Crippen molar-refractivity contribution in [3.63, 3.8) is 0 Å². The maximum Gasteiger partial charge on any atom is 0.167 e. The van der Waals surface area contributed by atoms with E-state index in [1.807, 2.05) is 12.3 Å². The minimum Gasteiger partial charge on any atom is -0.494 e. The van der Waals surface area contributed by atoms with Crippen molar-refractivity contribution in [1.29, 1.82) is 0 Å². The zero-order valence-corrected chi connectivity index (χ0v) is 17.7. The normalized spacial score (nSPS) is 14.2. The van der Waals surface area contributed by atoms with Crippen LogP contribution in [-0.2, 0) is 0 Å². The summed E-state index contributed by atoms with van der Waals surface area (Å²) in [6.45, 7) is 3.91. The van der Waals surface area contributed by atoms with E-state index < -0.39 is 5.82 Å². The molecule has 31 heavy (non-hydrogen) atoms. The van der Waals surface area contributed by atoms with Gasteiger partial charge in [-0.05, 0) is 56.5 Å². The fraction of sp³-hybridized carbons (Fsp3) is 0.292. The topological polar surface area (TPSA) is 63.2 Å². The molecule has 1 N–H and O–H groups in total. The van der Waals surface area contributed by atoms with Gasteiger partial charge in [0.25, 0.3) is 0 Å². The molecule has 0 bridgehead atoms. The van der Waals surface area contributed by atoms with Gasteiger partial charge in [0.05, 0.1) is 23.8 Å². The van der Waals surface area contributed by atoms with Crippen molar-refractivity contribution in [2.45, 2.75) is 26.2 Å². The average Bonchev–Trinajstić information content (AvgIpc) is 2.79. The van der Waals surface area contributed by atoms with E-state index in [-0.39, 0.29) is 5.75 Å². The first-order chi connectivity index (χ1) is 15.1. The molecule has 6 nitrogen and oxygen atoms in total. The van der Waals surface area contributed by atoms with Gasteiger partial charge in [-0.25, -0.2) is 14.4 Å². The predicted molar refractivity (Wildman–Crippen MR) is 122 cm³/mol. The van der Waals surface area contributed by atoms with Crippen molar-refractivity contribution < 1.29 is 9.13 Å². The molecule has 158 valence electrons. The maximum atomic E-state index is 14.2. The van der Waals surface area contributed by atoms with E-state index in [9.17, 15) is 4.39 Å². The molecule has 5 rings (SSSR count). The fourth-order valence-electron chi connectivity index (χ4n) is 4.28. The van der Waals surface area contributed by atoms with Crippen LogP contribution < -0.4 is 15.0 Å². The Hall–Kier alpha value is -3.48. The maximum absolute atomic E-state index is 14.2. The van der Waals surface area contributed by atoms with Crippen LogP contribution in [0.25, 0.3) is 21.8 Å². The van der Waals surface area contributed by atoms with Gasteiger partial charge in [0.1, 0.15) is 11.6 Å². The number of methoxy groups -OCH3 is 1. The SMILES string of the molecule is COc1cc2c(Nc3ccc(N4CCCCC4)c4ncccc34)nc(C)nc2cc1F. The lowest BCUT2D eigenvalue weighted by atomic mass is 10.1. The van der Waals surface area contributed by atoms with E-state index in [0.29, 0.717) is 22.5 Å². The third kappa shape index (κ3) is 3.60. The average molecular weight is 417 g/mol. The van der Waals surface area contributed by atoms with Gasteiger partial charge in [-0.15, -0.1) is 0 Å². The summed E-state index contributed by atoms with van der Waals surface area (Å²) >= 11 is 0. The lowest BCUT2D eigenvalue weighted by Gasteiger charge is -2.29. The highest BCUT2D eigenvalue weighted by Gasteiger charge is 2.17. The molecule has 3 heterocycles. The Kier molecular flexibility index (Phi) is 5.02. The molecule has 0 unspecified atom stereocenters. The summed E-state index contributed by atoms with van der Waals surface area (Å²) in [7, 11) is 1.45. The van der Waals surface area contributed by atoms with E-state index in [0.717, 1.165) is 35.4 Å². The van der Waals surface area contributed by atoms with E-state index in [4.69, 9.17) is 9.72 Å². The Morgan fingerprint density at radius 1 is 1.03 bits per heavy atom. The zero-order valence-electron chi connectivity index (χ0n) is 17.7. The van der Waals surface area contributed by atoms with Crippen molar-refractivity contribution in [1.82, 2.24) is 15.0 Å². The number of piperidine rings is 1. The highest BCUT2D eigenvalue weighted by molar-refractivity contribution is 6.02. The van der Waals surface area contributed by atoms with Gasteiger partial charge >= 0.3 is 0 Å². The largest absolute Gasteiger partial charge is 0.494 e. The summed E-state index contributed by atoms with van der Waals surface area (Å²) in [4.78, 5) is 16.1. The number of nitrogens with zero attached hydrogens (tertiary/aromatic N) is 4. The minimum absolute atomic E-state index is 0.162. The van der Waals surface area contributed by atoms with Crippen molar-refractivity contribution in [3.05, 3.63) is 54.2 Å². The second-order valence-electron chi connectivity index (χ2n) is 7.83. The second kappa shape index (κ2) is 7.98. The lowest BCUT2D eigenvalue weighted by molar-refractivity contribution is 0.387. The summed E-state index contributed by atoms with van der Waals surface area (Å²) < 4.78 is 19.4. The molecule has 1 aliphatic rings. The van der Waals surface area contributed by atoms with Crippen molar-refractivity contribution in [2.75, 3.05) is 30.4 Å². The second-order valence-corrected chi connectivity index (χ2v) is 7.83. The number of hydrogen-bond donors (Lipinski definition) is 1. The van der Waals surface area contributed by atoms with Crippen molar-refractivity contribution in [3.8, 4) is 5.75 Å². The molecule has 0 radical (unpaired) electrons. The Morgan fingerprint density at radius 3 is 2.68 bits per heavy atom. The molecule has 0 amide bonds. The Morgan fingerprint density at radius 2 is 1.87 bits per heavy atom. The quantitative estimate of drug-likeness (QED) is 0.482. The Balaban J connectivity index is 1.62. The van der Waals surface area contributed by atoms with Gasteiger partial charge in [-0.2, -0.15) is 0 Å². The van der Waals surface area contributed by atoms with Crippen molar-refractivity contribution in [2.24, 2.45) is 0 Å². The van der Waals surface area contributed by atoms with Gasteiger partial charge in [-0.3, -0.25) is 4.98 Å². The molecule has 7 heteroatoms. The van der Waals surface area contributed by atoms with Gasteiger partial charge in [0.15, 0.2) is 11.6 Å². The highest BCUT2D eigenvalue weighted by Crippen LogP contribution is 2.35. The number of rotatable bonds is 4. The van der Waals surface area contributed by atoms with Gasteiger partial charge < -0.3 is 15.0 Å². The van der Waals surface area contributed by atoms with Gasteiger partial charge in [0.2, 0.25) is 0 Å². The summed E-state index contributed by atoms with van der Waals surface area (Å²) in [5.74, 6) is 0.887. The van der Waals surface area contributed by atoms with E-state index >= 15 is 0 Å². The third-order valence-electron chi connectivity index (χ3n) is 5.78. The molecule has 1 fully saturated rings. The summed E-state index contributed by atoms with van der Waals surface area (Å²) in [6.07, 6.45) is 5.53. The highest BCUT2D eigenvalue weighted by atomic mass is 19.1. The third-order valence-corrected chi connectivity index (χ3v) is 5.78. The lowest BCUT2D eigenvalue weighted by Crippen LogP contribution is -2.29. The fourth-order valence-corrected chi connectivity index (χ4v) is 4.28. The minimum atomic E-state index is -0.445. The summed E-state index contributed by atoms with van der Waals surface area (Å²) in [6, 6.07) is 11.2. The summed E-state index contributed by atoms with van der Waals surface area (Å²) in [5.41, 5.74) is 3.55. The number of fused-ring (bicyclic) bond motifs is 2. The smallest absolute Gasteiger partial charge is 0.167 e. The standard InChI is InChI=1S/C24H24FN5O/c1-15-27-20-14-18(25)22(31-2)13-17(20)24(28-15)29-19-8-9-21(30-11-4-3-5-12-30)23-16(19)7-6-10-26-23/h6-10,13-14H,3-5,11-12H2,1-2H3,(H,27,28,29). The number of nitrogens with one attached hydrogen (secondary N) is 1. The molecule has 1 aliphatic heterocycles. The van der Waals surface area contributed by atoms with Crippen LogP contribution in [0.15, 0.2) is 42.6 Å². The van der Waals surface area contributed by atoms with Crippen LogP contribution in [-0.4, -0.2) is 35.2 Å². The molecular formula is C24H24FN5O. The van der Waals surface area contributed by atoms with Crippen LogP contribution in [0.4, 0.5) is 21.6 Å². The van der Waals surface area contributed by atoms with Crippen molar-refractivity contribution >= 4 is 39.0 Å². The number of ether oxygens (including phenoxy) is 1. The summed E-state index contributed by atoms with van der Waals surface area (Å²) in [5, 5.41) is 5.16. The molecule has 4 aromatic rings. The van der Waals surface area contributed by atoms with E-state index in [1.165, 1.54) is 32.4 Å². The molecule has 0 aliphatic carbocycles. The first-order valence-corrected chi connectivity index (χ1v) is 10.6. The molecule has 2 aromatic heterocycles. The first kappa shape index (κ1) is 19.5. The number of hydrogen-bond acceptors (Lipinski definition) is 6. The van der Waals surface area contributed by atoms with Crippen LogP contribution in [0.3, 0.4) is 0 Å². The number of pyridine rings is 1. The zero-order chi connectivity index (χ0) is 21.4. The Labute approximate surface area is 180 Å². The van der Waals surface area contributed by atoms with Crippen LogP contribution in [0, 0.1) is 12.7 Å². The molecule has 0 spiro atoms. The monoisotopic (exact) mass is 417 g/mol. The molecule has 1 saturated heterocycles. The molecule has 2 aromatic carbocycles. The van der Waals surface area contributed by atoms with Crippen LogP contribution in [0.5, 0.6) is 5.75 Å². The van der Waals surface area contributed by atoms with Crippen LogP contribution in [0.1, 0.15) is 25.1 Å². The van der Waals surface area contributed by atoms with E-state index in [2.05, 4.69) is 38.4 Å². The number of halogens is 1. The Bertz CT molecular complexity index is 1270. The molecule has 0 saturated carbocycles. The predicted octanol–water partition coefficient (Wildman–Crippen LogP) is 5.37. The number of aryl methyl sites for hydroxylation is 1. The number of anilines is 3. The molecular weight excluding hydrogens is 393 g/mol.